The third-order valence-electron chi connectivity index (χ3n) is 3.56. The summed E-state index contributed by atoms with van der Waals surface area (Å²) in [5, 5.41) is 10.2. The zero-order valence-corrected chi connectivity index (χ0v) is 12.8. The molecule has 0 spiro atoms. The first-order valence-electron chi connectivity index (χ1n) is 6.99. The lowest BCUT2D eigenvalue weighted by atomic mass is 9.80. The molecule has 0 aliphatic rings. The standard InChI is InChI=1S/C18H18ClNO/c1-18(14-20,15-6-3-2-4-7-15)12-5-13-21-17-10-8-16(19)9-11-17/h2-4,6-11H,5,12-13H2,1H3. The monoisotopic (exact) mass is 299 g/mol. The predicted molar refractivity (Wildman–Crippen MR) is 85.6 cm³/mol. The molecule has 0 N–H and O–H groups in total. The van der Waals surface area contributed by atoms with Gasteiger partial charge in [-0.2, -0.15) is 5.26 Å². The number of ether oxygens (including phenoxy) is 1. The van der Waals surface area contributed by atoms with E-state index in [9.17, 15) is 5.26 Å². The summed E-state index contributed by atoms with van der Waals surface area (Å²) in [5.74, 6) is 0.803. The minimum absolute atomic E-state index is 0.468. The molecule has 0 saturated heterocycles. The topological polar surface area (TPSA) is 33.0 Å². The largest absolute Gasteiger partial charge is 0.494 e. The van der Waals surface area contributed by atoms with Crippen LogP contribution in [0.2, 0.25) is 5.02 Å². The van der Waals surface area contributed by atoms with E-state index < -0.39 is 5.41 Å². The second-order valence-electron chi connectivity index (χ2n) is 5.22. The Labute approximate surface area is 130 Å². The van der Waals surface area contributed by atoms with Crippen LogP contribution in [0, 0.1) is 11.3 Å². The van der Waals surface area contributed by atoms with Gasteiger partial charge in [0.2, 0.25) is 0 Å². The molecule has 0 amide bonds. The lowest BCUT2D eigenvalue weighted by Gasteiger charge is -2.22. The molecule has 2 nitrogen and oxygen atoms in total. The lowest BCUT2D eigenvalue weighted by molar-refractivity contribution is 0.295. The number of hydrogen-bond donors (Lipinski definition) is 0. The van der Waals surface area contributed by atoms with Crippen molar-refractivity contribution < 1.29 is 4.74 Å². The van der Waals surface area contributed by atoms with Crippen LogP contribution in [-0.4, -0.2) is 6.61 Å². The summed E-state index contributed by atoms with van der Waals surface area (Å²) in [7, 11) is 0. The minimum atomic E-state index is -0.468. The molecular weight excluding hydrogens is 282 g/mol. The van der Waals surface area contributed by atoms with Crippen molar-refractivity contribution in [1.82, 2.24) is 0 Å². The van der Waals surface area contributed by atoms with Crippen LogP contribution in [-0.2, 0) is 5.41 Å². The smallest absolute Gasteiger partial charge is 0.119 e. The molecule has 108 valence electrons. The number of nitriles is 1. The van der Waals surface area contributed by atoms with E-state index >= 15 is 0 Å². The molecule has 0 aliphatic heterocycles. The predicted octanol–water partition coefficient (Wildman–Crippen LogP) is 4.98. The SMILES string of the molecule is CC(C#N)(CCCOc1ccc(Cl)cc1)c1ccccc1. The Morgan fingerprint density at radius 2 is 1.76 bits per heavy atom. The van der Waals surface area contributed by atoms with Crippen LogP contribution < -0.4 is 4.74 Å². The summed E-state index contributed by atoms with van der Waals surface area (Å²) >= 11 is 5.83. The summed E-state index contributed by atoms with van der Waals surface area (Å²) in [5.41, 5.74) is 0.587. The van der Waals surface area contributed by atoms with E-state index in [1.54, 1.807) is 12.1 Å². The van der Waals surface area contributed by atoms with Gasteiger partial charge in [0.15, 0.2) is 0 Å². The van der Waals surface area contributed by atoms with Gasteiger partial charge >= 0.3 is 0 Å². The van der Waals surface area contributed by atoms with Crippen LogP contribution in [0.4, 0.5) is 0 Å². The van der Waals surface area contributed by atoms with Crippen LogP contribution in [0.1, 0.15) is 25.3 Å². The first kappa shape index (κ1) is 15.4. The van der Waals surface area contributed by atoms with Gasteiger partial charge in [-0.3, -0.25) is 0 Å². The van der Waals surface area contributed by atoms with E-state index in [0.717, 1.165) is 24.2 Å². The third-order valence-corrected chi connectivity index (χ3v) is 3.81. The fraction of sp³-hybridized carbons (Fsp3) is 0.278. The van der Waals surface area contributed by atoms with Gasteiger partial charge in [-0.1, -0.05) is 41.9 Å². The van der Waals surface area contributed by atoms with Crippen molar-refractivity contribution in [1.29, 1.82) is 5.26 Å². The summed E-state index contributed by atoms with van der Waals surface area (Å²) < 4.78 is 5.67. The molecule has 0 saturated carbocycles. The zero-order chi connectivity index (χ0) is 15.1. The molecule has 21 heavy (non-hydrogen) atoms. The van der Waals surface area contributed by atoms with Crippen molar-refractivity contribution in [2.75, 3.05) is 6.61 Å². The fourth-order valence-electron chi connectivity index (χ4n) is 2.22. The molecule has 0 bridgehead atoms. The number of nitrogens with zero attached hydrogens (tertiary/aromatic N) is 1. The highest BCUT2D eigenvalue weighted by Crippen LogP contribution is 2.28. The van der Waals surface area contributed by atoms with Crippen molar-refractivity contribution in [3.05, 3.63) is 65.2 Å². The van der Waals surface area contributed by atoms with Crippen LogP contribution in [0.3, 0.4) is 0 Å². The molecule has 3 heteroatoms. The molecule has 0 aromatic heterocycles. The van der Waals surface area contributed by atoms with Gasteiger partial charge in [-0.25, -0.2) is 0 Å². The number of hydrogen-bond acceptors (Lipinski definition) is 2. The third kappa shape index (κ3) is 4.24. The van der Waals surface area contributed by atoms with Crippen molar-refractivity contribution in [3.8, 4) is 11.8 Å². The van der Waals surface area contributed by atoms with E-state index in [4.69, 9.17) is 16.3 Å². The Kier molecular flexibility index (Phi) is 5.25. The summed E-state index contributed by atoms with van der Waals surface area (Å²) in [6, 6.07) is 19.6. The first-order valence-corrected chi connectivity index (χ1v) is 7.37. The van der Waals surface area contributed by atoms with Crippen LogP contribution in [0.5, 0.6) is 5.75 Å². The van der Waals surface area contributed by atoms with E-state index in [0.29, 0.717) is 11.6 Å². The maximum Gasteiger partial charge on any atom is 0.119 e. The Morgan fingerprint density at radius 1 is 1.10 bits per heavy atom. The first-order chi connectivity index (χ1) is 10.1. The number of benzene rings is 2. The van der Waals surface area contributed by atoms with Gasteiger partial charge in [-0.15, -0.1) is 0 Å². The van der Waals surface area contributed by atoms with Crippen molar-refractivity contribution in [3.63, 3.8) is 0 Å². The molecule has 0 fully saturated rings. The van der Waals surface area contributed by atoms with Gasteiger partial charge in [0, 0.05) is 5.02 Å². The maximum absolute atomic E-state index is 9.48. The van der Waals surface area contributed by atoms with Crippen LogP contribution in [0.15, 0.2) is 54.6 Å². The van der Waals surface area contributed by atoms with Crippen LogP contribution >= 0.6 is 11.6 Å². The molecule has 2 aromatic rings. The average Bonchev–Trinajstić information content (AvgIpc) is 2.54. The van der Waals surface area contributed by atoms with E-state index in [1.807, 2.05) is 49.4 Å². The van der Waals surface area contributed by atoms with Gasteiger partial charge in [-0.05, 0) is 49.6 Å². The average molecular weight is 300 g/mol. The van der Waals surface area contributed by atoms with Gasteiger partial charge in [0.1, 0.15) is 5.75 Å². The number of rotatable bonds is 6. The highest BCUT2D eigenvalue weighted by Gasteiger charge is 2.25. The summed E-state index contributed by atoms with van der Waals surface area (Å²) in [4.78, 5) is 0. The molecule has 0 radical (unpaired) electrons. The Bertz CT molecular complexity index is 603. The molecule has 1 atom stereocenters. The Balaban J connectivity index is 1.87. The normalized spacial score (nSPS) is 13.2. The highest BCUT2D eigenvalue weighted by molar-refractivity contribution is 6.30. The minimum Gasteiger partial charge on any atom is -0.494 e. The van der Waals surface area contributed by atoms with E-state index in [2.05, 4.69) is 6.07 Å². The van der Waals surface area contributed by atoms with Gasteiger partial charge < -0.3 is 4.74 Å². The van der Waals surface area contributed by atoms with Crippen molar-refractivity contribution in [2.24, 2.45) is 0 Å². The van der Waals surface area contributed by atoms with Crippen molar-refractivity contribution in [2.45, 2.75) is 25.2 Å². The van der Waals surface area contributed by atoms with Gasteiger partial charge in [0.05, 0.1) is 18.1 Å². The molecule has 2 rings (SSSR count). The Hall–Kier alpha value is -1.98. The van der Waals surface area contributed by atoms with Crippen molar-refractivity contribution >= 4 is 11.6 Å². The fourth-order valence-corrected chi connectivity index (χ4v) is 2.34. The second-order valence-corrected chi connectivity index (χ2v) is 5.65. The zero-order valence-electron chi connectivity index (χ0n) is 12.1. The molecule has 0 heterocycles. The Morgan fingerprint density at radius 3 is 2.38 bits per heavy atom. The summed E-state index contributed by atoms with van der Waals surface area (Å²) in [6.07, 6.45) is 1.59. The van der Waals surface area contributed by atoms with Gasteiger partial charge in [0.25, 0.3) is 0 Å². The quantitative estimate of drug-likeness (QED) is 0.705. The molecular formula is C18H18ClNO. The molecule has 0 aliphatic carbocycles. The molecule has 2 aromatic carbocycles. The summed E-state index contributed by atoms with van der Waals surface area (Å²) in [6.45, 7) is 2.57. The number of halogens is 1. The maximum atomic E-state index is 9.48. The van der Waals surface area contributed by atoms with Crippen LogP contribution in [0.25, 0.3) is 0 Å². The second kappa shape index (κ2) is 7.15. The lowest BCUT2D eigenvalue weighted by Crippen LogP contribution is -2.20. The molecule has 1 unspecified atom stereocenters. The van der Waals surface area contributed by atoms with E-state index in [-0.39, 0.29) is 0 Å². The highest BCUT2D eigenvalue weighted by atomic mass is 35.5. The van der Waals surface area contributed by atoms with E-state index in [1.165, 1.54) is 0 Å².